The van der Waals surface area contributed by atoms with Crippen LogP contribution < -0.4 is 5.32 Å². The van der Waals surface area contributed by atoms with Crippen molar-refractivity contribution in [3.63, 3.8) is 0 Å². The molecule has 1 aromatic heterocycles. The van der Waals surface area contributed by atoms with Crippen molar-refractivity contribution in [3.05, 3.63) is 99.3 Å². The second-order valence-electron chi connectivity index (χ2n) is 6.81. The molecule has 0 saturated heterocycles. The number of fused-ring (bicyclic) bond motifs is 1. The summed E-state index contributed by atoms with van der Waals surface area (Å²) in [4.78, 5) is 22.9. The van der Waals surface area contributed by atoms with Crippen molar-refractivity contribution >= 4 is 45.7 Å². The Labute approximate surface area is 187 Å². The maximum absolute atomic E-state index is 12.6. The number of hydrogen-bond acceptors (Lipinski definition) is 5. The molecule has 1 heterocycles. The van der Waals surface area contributed by atoms with Crippen molar-refractivity contribution in [2.24, 2.45) is 0 Å². The van der Waals surface area contributed by atoms with Gasteiger partial charge >= 0.3 is 0 Å². The summed E-state index contributed by atoms with van der Waals surface area (Å²) in [6.45, 7) is 0. The van der Waals surface area contributed by atoms with Gasteiger partial charge in [-0.05, 0) is 41.1 Å². The number of amides is 1. The number of nitrogens with zero attached hydrogens (tertiary/aromatic N) is 2. The van der Waals surface area contributed by atoms with Crippen molar-refractivity contribution in [2.75, 3.05) is 5.32 Å². The molecule has 0 fully saturated rings. The van der Waals surface area contributed by atoms with E-state index in [0.717, 1.165) is 10.8 Å². The van der Waals surface area contributed by atoms with Crippen LogP contribution in [0.1, 0.15) is 5.76 Å². The lowest BCUT2D eigenvalue weighted by molar-refractivity contribution is -0.384. The molecule has 0 radical (unpaired) electrons. The van der Waals surface area contributed by atoms with Gasteiger partial charge in [0, 0.05) is 29.5 Å². The van der Waals surface area contributed by atoms with Crippen LogP contribution in [0.3, 0.4) is 0 Å². The SMILES string of the molecule is N#C/C(=C\c1ccc(-c2ccc([N+](=O)[O-])cc2Cl)o1)C(=O)Nc1ccc2ccccc2c1. The van der Waals surface area contributed by atoms with Gasteiger partial charge in [-0.25, -0.2) is 0 Å². The number of furan rings is 1. The zero-order valence-corrected chi connectivity index (χ0v) is 17.2. The van der Waals surface area contributed by atoms with Crippen molar-refractivity contribution in [2.45, 2.75) is 0 Å². The number of rotatable bonds is 5. The van der Waals surface area contributed by atoms with Gasteiger partial charge in [0.15, 0.2) is 0 Å². The second-order valence-corrected chi connectivity index (χ2v) is 7.22. The van der Waals surface area contributed by atoms with E-state index in [1.54, 1.807) is 18.2 Å². The second kappa shape index (κ2) is 8.76. The third kappa shape index (κ3) is 4.36. The van der Waals surface area contributed by atoms with Crippen LogP contribution in [0, 0.1) is 21.4 Å². The number of carbonyl (C=O) groups excluding carboxylic acids is 1. The molecule has 0 saturated carbocycles. The fourth-order valence-corrected chi connectivity index (χ4v) is 3.42. The molecule has 32 heavy (non-hydrogen) atoms. The summed E-state index contributed by atoms with van der Waals surface area (Å²) < 4.78 is 5.68. The third-order valence-corrected chi connectivity index (χ3v) is 5.03. The lowest BCUT2D eigenvalue weighted by atomic mass is 10.1. The molecule has 0 spiro atoms. The van der Waals surface area contributed by atoms with Crippen molar-refractivity contribution in [1.82, 2.24) is 0 Å². The maximum Gasteiger partial charge on any atom is 0.270 e. The number of nitro benzene ring substituents is 1. The van der Waals surface area contributed by atoms with E-state index in [0.29, 0.717) is 17.0 Å². The van der Waals surface area contributed by atoms with E-state index >= 15 is 0 Å². The first kappa shape index (κ1) is 20.8. The van der Waals surface area contributed by atoms with Crippen LogP contribution in [-0.4, -0.2) is 10.8 Å². The predicted molar refractivity (Wildman–Crippen MR) is 122 cm³/mol. The summed E-state index contributed by atoms with van der Waals surface area (Å²) in [5.74, 6) is 0.0390. The molecule has 156 valence electrons. The standard InChI is InChI=1S/C24H14ClN3O4/c25-22-13-19(28(30)31)7-9-21(22)23-10-8-20(32-23)12-17(14-26)24(29)27-18-6-5-15-3-1-2-4-16(15)11-18/h1-13H,(H,27,29)/b17-12+. The molecule has 1 N–H and O–H groups in total. The first-order valence-corrected chi connectivity index (χ1v) is 9.78. The number of anilines is 1. The molecule has 0 aliphatic rings. The van der Waals surface area contributed by atoms with E-state index in [-0.39, 0.29) is 22.0 Å². The predicted octanol–water partition coefficient (Wildman–Crippen LogP) is 6.21. The number of benzene rings is 3. The molecular formula is C24H14ClN3O4. The average Bonchev–Trinajstić information content (AvgIpc) is 3.25. The van der Waals surface area contributed by atoms with E-state index in [1.807, 2.05) is 42.5 Å². The summed E-state index contributed by atoms with van der Waals surface area (Å²) in [7, 11) is 0. The minimum Gasteiger partial charge on any atom is -0.457 e. The van der Waals surface area contributed by atoms with Crippen molar-refractivity contribution < 1.29 is 14.1 Å². The van der Waals surface area contributed by atoms with Gasteiger partial charge in [0.2, 0.25) is 0 Å². The summed E-state index contributed by atoms with van der Waals surface area (Å²) in [6, 6.07) is 22.3. The van der Waals surface area contributed by atoms with Crippen LogP contribution in [-0.2, 0) is 4.79 Å². The monoisotopic (exact) mass is 443 g/mol. The van der Waals surface area contributed by atoms with Gasteiger partial charge in [-0.15, -0.1) is 0 Å². The number of nitriles is 1. The number of nitrogens with one attached hydrogen (secondary N) is 1. The highest BCUT2D eigenvalue weighted by molar-refractivity contribution is 6.33. The van der Waals surface area contributed by atoms with Gasteiger partial charge < -0.3 is 9.73 Å². The quantitative estimate of drug-likeness (QED) is 0.171. The molecule has 0 atom stereocenters. The number of hydrogen-bond donors (Lipinski definition) is 1. The molecule has 0 aliphatic heterocycles. The molecule has 4 rings (SSSR count). The van der Waals surface area contributed by atoms with Crippen molar-refractivity contribution in [3.8, 4) is 17.4 Å². The molecule has 3 aromatic carbocycles. The molecule has 0 bridgehead atoms. The van der Waals surface area contributed by atoms with Crippen molar-refractivity contribution in [1.29, 1.82) is 5.26 Å². The Bertz CT molecular complexity index is 1430. The number of nitro groups is 1. The zero-order valence-electron chi connectivity index (χ0n) is 16.4. The van der Waals surface area contributed by atoms with E-state index in [9.17, 15) is 20.2 Å². The Balaban J connectivity index is 1.55. The van der Waals surface area contributed by atoms with Crippen LogP contribution in [0.4, 0.5) is 11.4 Å². The van der Waals surface area contributed by atoms with E-state index in [4.69, 9.17) is 16.0 Å². The summed E-state index contributed by atoms with van der Waals surface area (Å²) in [5, 5.41) is 25.2. The molecule has 4 aromatic rings. The van der Waals surface area contributed by atoms with Gasteiger partial charge in [0.1, 0.15) is 23.2 Å². The normalized spacial score (nSPS) is 11.2. The molecule has 0 aliphatic carbocycles. The lowest BCUT2D eigenvalue weighted by Crippen LogP contribution is -2.13. The van der Waals surface area contributed by atoms with Crippen LogP contribution in [0.2, 0.25) is 5.02 Å². The smallest absolute Gasteiger partial charge is 0.270 e. The number of non-ortho nitro benzene ring substituents is 1. The molecule has 0 unspecified atom stereocenters. The Morgan fingerprint density at radius 3 is 2.56 bits per heavy atom. The highest BCUT2D eigenvalue weighted by atomic mass is 35.5. The van der Waals surface area contributed by atoms with Gasteiger partial charge in [0.25, 0.3) is 11.6 Å². The minimum absolute atomic E-state index is 0.137. The molecular weight excluding hydrogens is 430 g/mol. The van der Waals surface area contributed by atoms with Gasteiger partial charge in [-0.1, -0.05) is 41.9 Å². The highest BCUT2D eigenvalue weighted by Crippen LogP contribution is 2.32. The first-order chi connectivity index (χ1) is 15.4. The zero-order chi connectivity index (χ0) is 22.7. The fourth-order valence-electron chi connectivity index (χ4n) is 3.15. The third-order valence-electron chi connectivity index (χ3n) is 4.71. The lowest BCUT2D eigenvalue weighted by Gasteiger charge is -2.06. The topological polar surface area (TPSA) is 109 Å². The van der Waals surface area contributed by atoms with Gasteiger partial charge in [-0.3, -0.25) is 14.9 Å². The van der Waals surface area contributed by atoms with E-state index in [1.165, 1.54) is 24.3 Å². The summed E-state index contributed by atoms with van der Waals surface area (Å²) >= 11 is 6.14. The van der Waals surface area contributed by atoms with Gasteiger partial charge in [-0.2, -0.15) is 5.26 Å². The first-order valence-electron chi connectivity index (χ1n) is 9.41. The van der Waals surface area contributed by atoms with Crippen LogP contribution in [0.25, 0.3) is 28.2 Å². The summed E-state index contributed by atoms with van der Waals surface area (Å²) in [5.41, 5.74) is 0.736. The van der Waals surface area contributed by atoms with Crippen LogP contribution in [0.15, 0.2) is 82.8 Å². The summed E-state index contributed by atoms with van der Waals surface area (Å²) in [6.07, 6.45) is 1.32. The Kier molecular flexibility index (Phi) is 5.71. The largest absolute Gasteiger partial charge is 0.457 e. The Hall–Kier alpha value is -4.41. The number of carbonyl (C=O) groups is 1. The Morgan fingerprint density at radius 2 is 1.84 bits per heavy atom. The Morgan fingerprint density at radius 1 is 1.06 bits per heavy atom. The fraction of sp³-hybridized carbons (Fsp3) is 0. The van der Waals surface area contributed by atoms with Gasteiger partial charge in [0.05, 0.1) is 9.95 Å². The molecule has 1 amide bonds. The van der Waals surface area contributed by atoms with E-state index in [2.05, 4.69) is 5.32 Å². The highest BCUT2D eigenvalue weighted by Gasteiger charge is 2.15. The number of halogens is 1. The van der Waals surface area contributed by atoms with Crippen LogP contribution in [0.5, 0.6) is 0 Å². The molecule has 8 heteroatoms. The minimum atomic E-state index is -0.575. The van der Waals surface area contributed by atoms with Crippen LogP contribution >= 0.6 is 11.6 Å². The maximum atomic E-state index is 12.6. The molecule has 7 nitrogen and oxygen atoms in total. The average molecular weight is 444 g/mol. The van der Waals surface area contributed by atoms with E-state index < -0.39 is 10.8 Å².